The van der Waals surface area contributed by atoms with Gasteiger partial charge in [0.25, 0.3) is 0 Å². The minimum Gasteiger partial charge on any atom is -0.489 e. The third-order valence-electron chi connectivity index (χ3n) is 5.01. The highest BCUT2D eigenvalue weighted by atomic mass is 35.5. The number of morpholine rings is 1. The molecule has 4 rings (SSSR count). The van der Waals surface area contributed by atoms with Gasteiger partial charge in [-0.05, 0) is 30.3 Å². The molecule has 0 unspecified atom stereocenters. The molecule has 160 valence electrons. The third-order valence-corrected chi connectivity index (χ3v) is 5.66. The van der Waals surface area contributed by atoms with Gasteiger partial charge < -0.3 is 20.1 Å². The maximum atomic E-state index is 8.61. The lowest BCUT2D eigenvalue weighted by atomic mass is 10.0. The van der Waals surface area contributed by atoms with Crippen molar-refractivity contribution in [1.29, 1.82) is 5.41 Å². The predicted molar refractivity (Wildman–Crippen MR) is 123 cm³/mol. The molecule has 3 heterocycles. The number of hydrogen-bond acceptors (Lipinski definition) is 7. The fraction of sp³-hybridized carbons (Fsp3) is 0.227. The van der Waals surface area contributed by atoms with Crippen LogP contribution in [0, 0.1) is 5.41 Å². The zero-order chi connectivity index (χ0) is 21.8. The molecule has 1 fully saturated rings. The van der Waals surface area contributed by atoms with Crippen LogP contribution in [-0.2, 0) is 11.3 Å². The third kappa shape index (κ3) is 4.90. The molecule has 1 aromatic carbocycles. The monoisotopic (exact) mass is 457 g/mol. The molecule has 31 heavy (non-hydrogen) atoms. The number of aromatic nitrogens is 2. The van der Waals surface area contributed by atoms with Crippen molar-refractivity contribution in [2.24, 2.45) is 0 Å². The zero-order valence-corrected chi connectivity index (χ0v) is 18.2. The summed E-state index contributed by atoms with van der Waals surface area (Å²) in [6.45, 7) is 3.24. The summed E-state index contributed by atoms with van der Waals surface area (Å²) in [4.78, 5) is 10.6. The fourth-order valence-corrected chi connectivity index (χ4v) is 3.73. The molecule has 1 saturated heterocycles. The number of benzene rings is 1. The number of ether oxygens (including phenoxy) is 2. The number of halogens is 2. The molecule has 3 aromatic rings. The van der Waals surface area contributed by atoms with Crippen molar-refractivity contribution in [3.8, 4) is 5.75 Å². The van der Waals surface area contributed by atoms with Crippen LogP contribution >= 0.6 is 23.2 Å². The number of nitrogens with two attached hydrogens (primary N) is 1. The van der Waals surface area contributed by atoms with Crippen LogP contribution in [0.1, 0.15) is 16.8 Å². The van der Waals surface area contributed by atoms with Gasteiger partial charge in [0.05, 0.1) is 46.5 Å². The predicted octanol–water partition coefficient (Wildman–Crippen LogP) is 4.20. The molecule has 0 atom stereocenters. The standard InChI is InChI=1S/C22H21Cl2N5O2/c23-18-11-27-12-19(24)17(18)13-31-15-2-3-20(25)16(9-15)22(26)21-4-1-14(10-28-21)29-5-7-30-8-6-29/h1-4,9-12,26H,5-8,13,25H2. The van der Waals surface area contributed by atoms with Crippen molar-refractivity contribution < 1.29 is 9.47 Å². The van der Waals surface area contributed by atoms with E-state index in [4.69, 9.17) is 43.8 Å². The maximum absolute atomic E-state index is 8.61. The van der Waals surface area contributed by atoms with E-state index in [1.165, 1.54) is 12.4 Å². The van der Waals surface area contributed by atoms with Gasteiger partial charge in [0.2, 0.25) is 0 Å². The Labute approximate surface area is 190 Å². The summed E-state index contributed by atoms with van der Waals surface area (Å²) in [6.07, 6.45) is 4.81. The quantitative estimate of drug-likeness (QED) is 0.425. The van der Waals surface area contributed by atoms with E-state index in [2.05, 4.69) is 14.9 Å². The molecule has 0 spiro atoms. The molecule has 7 nitrogen and oxygen atoms in total. The number of anilines is 2. The summed E-state index contributed by atoms with van der Waals surface area (Å²) in [6, 6.07) is 8.96. The van der Waals surface area contributed by atoms with Gasteiger partial charge in [0.1, 0.15) is 12.4 Å². The molecule has 9 heteroatoms. The Hall–Kier alpha value is -2.87. The molecule has 0 amide bonds. The average molecular weight is 458 g/mol. The van der Waals surface area contributed by atoms with E-state index in [0.29, 0.717) is 51.5 Å². The molecule has 0 saturated carbocycles. The largest absolute Gasteiger partial charge is 0.489 e. The molecular formula is C22H21Cl2N5O2. The van der Waals surface area contributed by atoms with Gasteiger partial charge in [-0.3, -0.25) is 15.4 Å². The molecule has 2 aromatic heterocycles. The lowest BCUT2D eigenvalue weighted by molar-refractivity contribution is 0.122. The Morgan fingerprint density at radius 2 is 1.84 bits per heavy atom. The van der Waals surface area contributed by atoms with Crippen molar-refractivity contribution >= 4 is 40.3 Å². The van der Waals surface area contributed by atoms with E-state index in [9.17, 15) is 0 Å². The number of pyridine rings is 2. The number of nitrogen functional groups attached to an aromatic ring is 1. The topological polar surface area (TPSA) is 97.4 Å². The summed E-state index contributed by atoms with van der Waals surface area (Å²) in [5, 5.41) is 9.47. The highest BCUT2D eigenvalue weighted by Gasteiger charge is 2.15. The first-order chi connectivity index (χ1) is 15.0. The van der Waals surface area contributed by atoms with Crippen molar-refractivity contribution in [2.75, 3.05) is 36.9 Å². The Kier molecular flexibility index (Phi) is 6.56. The van der Waals surface area contributed by atoms with Gasteiger partial charge in [0.15, 0.2) is 0 Å². The number of nitrogens with zero attached hydrogens (tertiary/aromatic N) is 3. The van der Waals surface area contributed by atoms with Gasteiger partial charge in [0, 0.05) is 42.3 Å². The summed E-state index contributed by atoms with van der Waals surface area (Å²) < 4.78 is 11.2. The SMILES string of the molecule is N=C(c1ccc(N2CCOCC2)cn1)c1cc(OCc2c(Cl)cncc2Cl)ccc1N. The summed E-state index contributed by atoms with van der Waals surface area (Å²) in [5.41, 5.74) is 9.54. The molecule has 0 aliphatic carbocycles. The Balaban J connectivity index is 1.50. The Morgan fingerprint density at radius 1 is 1.10 bits per heavy atom. The Morgan fingerprint density at radius 3 is 2.52 bits per heavy atom. The first kappa shape index (κ1) is 21.4. The number of hydrogen-bond donors (Lipinski definition) is 2. The van der Waals surface area contributed by atoms with Crippen LogP contribution in [0.4, 0.5) is 11.4 Å². The van der Waals surface area contributed by atoms with Crippen LogP contribution in [0.5, 0.6) is 5.75 Å². The van der Waals surface area contributed by atoms with Crippen LogP contribution < -0.4 is 15.4 Å². The maximum Gasteiger partial charge on any atom is 0.120 e. The van der Waals surface area contributed by atoms with Crippen LogP contribution in [-0.4, -0.2) is 42.0 Å². The lowest BCUT2D eigenvalue weighted by Crippen LogP contribution is -2.36. The smallest absolute Gasteiger partial charge is 0.120 e. The second-order valence-corrected chi connectivity index (χ2v) is 7.81. The van der Waals surface area contributed by atoms with Gasteiger partial charge in [-0.2, -0.15) is 0 Å². The molecule has 1 aliphatic heterocycles. The highest BCUT2D eigenvalue weighted by Crippen LogP contribution is 2.27. The molecule has 3 N–H and O–H groups in total. The van der Waals surface area contributed by atoms with Crippen molar-refractivity contribution in [2.45, 2.75) is 6.61 Å². The fourth-order valence-electron chi connectivity index (χ4n) is 3.25. The van der Waals surface area contributed by atoms with Crippen LogP contribution in [0.3, 0.4) is 0 Å². The van der Waals surface area contributed by atoms with Crippen molar-refractivity contribution in [3.63, 3.8) is 0 Å². The second-order valence-electron chi connectivity index (χ2n) is 7.00. The summed E-state index contributed by atoms with van der Waals surface area (Å²) in [7, 11) is 0. The van der Waals surface area contributed by atoms with Crippen molar-refractivity contribution in [3.05, 3.63) is 75.8 Å². The van der Waals surface area contributed by atoms with Gasteiger partial charge in [-0.1, -0.05) is 23.2 Å². The van der Waals surface area contributed by atoms with E-state index in [1.54, 1.807) is 24.4 Å². The molecular weight excluding hydrogens is 437 g/mol. The first-order valence-electron chi connectivity index (χ1n) is 9.71. The second kappa shape index (κ2) is 9.51. The summed E-state index contributed by atoms with van der Waals surface area (Å²) in [5.74, 6) is 0.544. The lowest BCUT2D eigenvalue weighted by Gasteiger charge is -2.28. The van der Waals surface area contributed by atoms with Crippen LogP contribution in [0.2, 0.25) is 10.0 Å². The average Bonchev–Trinajstić information content (AvgIpc) is 2.80. The Bertz CT molecular complexity index is 1070. The van der Waals surface area contributed by atoms with Crippen molar-refractivity contribution in [1.82, 2.24) is 9.97 Å². The van der Waals surface area contributed by atoms with Gasteiger partial charge >= 0.3 is 0 Å². The normalized spacial score (nSPS) is 13.8. The number of nitrogens with one attached hydrogen (secondary N) is 1. The minimum absolute atomic E-state index is 0.170. The minimum atomic E-state index is 0.170. The van der Waals surface area contributed by atoms with E-state index >= 15 is 0 Å². The molecule has 0 radical (unpaired) electrons. The summed E-state index contributed by atoms with van der Waals surface area (Å²) >= 11 is 12.3. The van der Waals surface area contributed by atoms with Gasteiger partial charge in [-0.25, -0.2) is 0 Å². The van der Waals surface area contributed by atoms with E-state index in [-0.39, 0.29) is 12.3 Å². The molecule has 1 aliphatic rings. The van der Waals surface area contributed by atoms with Crippen LogP contribution in [0.25, 0.3) is 0 Å². The first-order valence-corrected chi connectivity index (χ1v) is 10.5. The van der Waals surface area contributed by atoms with Crippen LogP contribution in [0.15, 0.2) is 48.9 Å². The number of rotatable bonds is 6. The van der Waals surface area contributed by atoms with Gasteiger partial charge in [-0.15, -0.1) is 0 Å². The zero-order valence-electron chi connectivity index (χ0n) is 16.6. The highest BCUT2D eigenvalue weighted by molar-refractivity contribution is 6.35. The van der Waals surface area contributed by atoms with E-state index < -0.39 is 0 Å². The van der Waals surface area contributed by atoms with E-state index in [1.807, 2.05) is 12.1 Å². The molecule has 0 bridgehead atoms. The van der Waals surface area contributed by atoms with E-state index in [0.717, 1.165) is 18.8 Å².